The first kappa shape index (κ1) is 28.0. The molecule has 1 aliphatic heterocycles. The number of nitrogens with one attached hydrogen (secondary N) is 2. The number of aromatic nitrogens is 2. The molecule has 1 aliphatic rings. The number of hydrogen-bond donors (Lipinski definition) is 2. The largest absolute Gasteiger partial charge is 0.494 e. The van der Waals surface area contributed by atoms with Crippen LogP contribution >= 0.6 is 0 Å². The van der Waals surface area contributed by atoms with E-state index < -0.39 is 15.8 Å². The fraction of sp³-hybridized carbons (Fsp3) is 0.250. The zero-order chi connectivity index (χ0) is 29.1. The van der Waals surface area contributed by atoms with E-state index in [9.17, 15) is 22.0 Å². The molecule has 1 saturated heterocycles. The summed E-state index contributed by atoms with van der Waals surface area (Å²) in [5.41, 5.74) is 1.88. The van der Waals surface area contributed by atoms with Crippen molar-refractivity contribution in [3.63, 3.8) is 0 Å². The molecule has 3 heterocycles. The van der Waals surface area contributed by atoms with Crippen molar-refractivity contribution < 1.29 is 31.3 Å². The summed E-state index contributed by atoms with van der Waals surface area (Å²) >= 11 is 0. The van der Waals surface area contributed by atoms with Gasteiger partial charge in [-0.05, 0) is 55.5 Å². The van der Waals surface area contributed by atoms with Gasteiger partial charge in [0.2, 0.25) is 0 Å². The van der Waals surface area contributed by atoms with Crippen molar-refractivity contribution >= 4 is 33.1 Å². The third kappa shape index (κ3) is 5.99. The van der Waals surface area contributed by atoms with Gasteiger partial charge in [-0.1, -0.05) is 17.3 Å². The molecule has 0 aliphatic carbocycles. The highest BCUT2D eigenvalue weighted by atomic mass is 32.2. The lowest BCUT2D eigenvalue weighted by molar-refractivity contribution is 0.0713. The predicted molar refractivity (Wildman–Crippen MR) is 147 cm³/mol. The number of sulfonamides is 1. The highest BCUT2D eigenvalue weighted by Crippen LogP contribution is 2.34. The van der Waals surface area contributed by atoms with E-state index in [1.165, 1.54) is 62.9 Å². The van der Waals surface area contributed by atoms with Crippen LogP contribution in [-0.2, 0) is 10.0 Å². The maximum atomic E-state index is 14.1. The minimum atomic E-state index is -4.22. The topological polar surface area (TPSA) is 127 Å². The second kappa shape index (κ2) is 11.5. The van der Waals surface area contributed by atoms with Crippen LogP contribution in [0.25, 0.3) is 0 Å². The monoisotopic (exact) mass is 583 g/mol. The second-order valence-electron chi connectivity index (χ2n) is 9.56. The zero-order valence-electron chi connectivity index (χ0n) is 22.2. The van der Waals surface area contributed by atoms with Crippen molar-refractivity contribution in [1.82, 2.24) is 15.0 Å². The predicted octanol–water partition coefficient (Wildman–Crippen LogP) is 5.23. The summed E-state index contributed by atoms with van der Waals surface area (Å²) in [7, 11) is -2.89. The number of likely N-dealkylation sites (tertiary alicyclic amines) is 1. The molecule has 0 unspecified atom stereocenters. The Kier molecular flexibility index (Phi) is 7.88. The molecule has 0 saturated carbocycles. The normalized spacial score (nSPS) is 14.1. The summed E-state index contributed by atoms with van der Waals surface area (Å²) in [6.45, 7) is 2.40. The highest BCUT2D eigenvalue weighted by Gasteiger charge is 2.30. The van der Waals surface area contributed by atoms with Crippen LogP contribution in [0.5, 0.6) is 5.75 Å². The minimum absolute atomic E-state index is 0.0296. The Morgan fingerprint density at radius 2 is 1.83 bits per heavy atom. The molecule has 0 spiro atoms. The SMILES string of the molecule is COc1cc(Nc2c(C(=O)N3CCC(c4ccc(F)cc4)CC3)cnc(S(=O)(=O)Nc3ccon3)c2C)ccc1F. The first-order chi connectivity index (χ1) is 19.7. The molecule has 41 heavy (non-hydrogen) atoms. The van der Waals surface area contributed by atoms with E-state index in [-0.39, 0.29) is 51.0 Å². The van der Waals surface area contributed by atoms with Crippen LogP contribution in [0.3, 0.4) is 0 Å². The smallest absolute Gasteiger partial charge is 0.280 e. The molecule has 2 aromatic heterocycles. The molecule has 5 rings (SSSR count). The molecule has 0 radical (unpaired) electrons. The molecule has 2 aromatic carbocycles. The molecule has 2 N–H and O–H groups in total. The number of anilines is 3. The Bertz CT molecular complexity index is 1660. The van der Waals surface area contributed by atoms with Gasteiger partial charge >= 0.3 is 0 Å². The van der Waals surface area contributed by atoms with Gasteiger partial charge in [0.25, 0.3) is 15.9 Å². The minimum Gasteiger partial charge on any atom is -0.494 e. The van der Waals surface area contributed by atoms with E-state index in [1.807, 2.05) is 0 Å². The van der Waals surface area contributed by atoms with Gasteiger partial charge < -0.3 is 19.5 Å². The zero-order valence-corrected chi connectivity index (χ0v) is 23.0. The Morgan fingerprint density at radius 1 is 1.10 bits per heavy atom. The van der Waals surface area contributed by atoms with E-state index in [1.54, 1.807) is 17.0 Å². The van der Waals surface area contributed by atoms with Crippen molar-refractivity contribution in [1.29, 1.82) is 0 Å². The van der Waals surface area contributed by atoms with Crippen LogP contribution < -0.4 is 14.8 Å². The molecule has 4 aromatic rings. The Morgan fingerprint density at radius 3 is 2.49 bits per heavy atom. The van der Waals surface area contributed by atoms with Crippen LogP contribution in [0.2, 0.25) is 0 Å². The number of nitrogens with zero attached hydrogens (tertiary/aromatic N) is 3. The Hall–Kier alpha value is -4.52. The van der Waals surface area contributed by atoms with Crippen LogP contribution in [0, 0.1) is 18.6 Å². The molecule has 10 nitrogen and oxygen atoms in total. The van der Waals surface area contributed by atoms with Crippen LogP contribution in [0.4, 0.5) is 26.0 Å². The first-order valence-electron chi connectivity index (χ1n) is 12.7. The average Bonchev–Trinajstić information content (AvgIpc) is 3.47. The van der Waals surface area contributed by atoms with Gasteiger partial charge in [0.1, 0.15) is 12.1 Å². The molecular formula is C28H27F2N5O5S. The summed E-state index contributed by atoms with van der Waals surface area (Å²) in [5.74, 6) is -1.11. The maximum absolute atomic E-state index is 14.1. The maximum Gasteiger partial charge on any atom is 0.280 e. The number of hydrogen-bond acceptors (Lipinski definition) is 8. The van der Waals surface area contributed by atoms with E-state index in [0.717, 1.165) is 5.56 Å². The molecule has 0 atom stereocenters. The molecule has 214 valence electrons. The molecule has 1 amide bonds. The van der Waals surface area contributed by atoms with Crippen LogP contribution in [0.1, 0.15) is 40.2 Å². The van der Waals surface area contributed by atoms with Crippen molar-refractivity contribution in [3.8, 4) is 5.75 Å². The second-order valence-corrected chi connectivity index (χ2v) is 11.2. The Labute approximate surface area is 235 Å². The number of piperidine rings is 1. The quantitative estimate of drug-likeness (QED) is 0.289. The lowest BCUT2D eigenvalue weighted by Gasteiger charge is -2.33. The number of amides is 1. The number of rotatable bonds is 8. The lowest BCUT2D eigenvalue weighted by atomic mass is 9.89. The standard InChI is InChI=1S/C28H27F2N5O5S/c1-17-26(32-21-7-8-23(30)24(15-21)39-2)22(16-31-27(17)41(37,38)34-25-11-14-40-33-25)28(36)35-12-9-19(10-13-35)18-3-5-20(29)6-4-18/h3-8,11,14-16,19H,9-10,12-13H2,1-2H3,(H,31,32)(H,33,34). The van der Waals surface area contributed by atoms with E-state index >= 15 is 0 Å². The molecule has 0 bridgehead atoms. The number of carbonyl (C=O) groups is 1. The summed E-state index contributed by atoms with van der Waals surface area (Å²) in [4.78, 5) is 19.6. The van der Waals surface area contributed by atoms with Gasteiger partial charge in [-0.25, -0.2) is 13.8 Å². The third-order valence-corrected chi connectivity index (χ3v) is 8.38. The third-order valence-electron chi connectivity index (χ3n) is 6.98. The van der Waals surface area contributed by atoms with Crippen LogP contribution in [0.15, 0.2) is 70.5 Å². The van der Waals surface area contributed by atoms with E-state index in [0.29, 0.717) is 31.6 Å². The average molecular weight is 584 g/mol. The number of halogens is 2. The van der Waals surface area contributed by atoms with Crippen molar-refractivity contribution in [3.05, 3.63) is 89.3 Å². The summed E-state index contributed by atoms with van der Waals surface area (Å²) in [6, 6.07) is 11.8. The molecule has 1 fully saturated rings. The van der Waals surface area contributed by atoms with Gasteiger partial charge in [0, 0.05) is 42.7 Å². The summed E-state index contributed by atoms with van der Waals surface area (Å²) < 4.78 is 65.8. The lowest BCUT2D eigenvalue weighted by Crippen LogP contribution is -2.38. The van der Waals surface area contributed by atoms with Gasteiger partial charge in [-0.2, -0.15) is 8.42 Å². The fourth-order valence-electron chi connectivity index (χ4n) is 4.84. The molecule has 13 heteroatoms. The summed E-state index contributed by atoms with van der Waals surface area (Å²) in [5, 5.41) is 6.32. The first-order valence-corrected chi connectivity index (χ1v) is 14.2. The number of benzene rings is 2. The van der Waals surface area contributed by atoms with Crippen molar-refractivity contribution in [2.75, 3.05) is 30.2 Å². The number of ether oxygens (including phenoxy) is 1. The number of methoxy groups -OCH3 is 1. The van der Waals surface area contributed by atoms with Crippen LogP contribution in [-0.4, -0.2) is 49.6 Å². The number of carbonyl (C=O) groups excluding carboxylic acids is 1. The van der Waals surface area contributed by atoms with Crippen molar-refractivity contribution in [2.45, 2.75) is 30.7 Å². The van der Waals surface area contributed by atoms with Gasteiger partial charge in [-0.3, -0.25) is 9.52 Å². The van der Waals surface area contributed by atoms with Gasteiger partial charge in [0.05, 0.1) is 18.4 Å². The van der Waals surface area contributed by atoms with E-state index in [2.05, 4.69) is 20.2 Å². The van der Waals surface area contributed by atoms with E-state index in [4.69, 9.17) is 9.26 Å². The molecular weight excluding hydrogens is 556 g/mol. The fourth-order valence-corrected chi connectivity index (χ4v) is 6.02. The van der Waals surface area contributed by atoms with Gasteiger partial charge in [0.15, 0.2) is 22.4 Å². The number of pyridine rings is 1. The highest BCUT2D eigenvalue weighted by molar-refractivity contribution is 7.92. The van der Waals surface area contributed by atoms with Gasteiger partial charge in [-0.15, -0.1) is 0 Å². The summed E-state index contributed by atoms with van der Waals surface area (Å²) in [6.07, 6.45) is 3.78. The Balaban J connectivity index is 1.47. The van der Waals surface area contributed by atoms with Crippen molar-refractivity contribution in [2.24, 2.45) is 0 Å².